The van der Waals surface area contributed by atoms with Crippen LogP contribution in [0.3, 0.4) is 0 Å². The fourth-order valence-electron chi connectivity index (χ4n) is 3.37. The molecule has 0 spiro atoms. The molecule has 0 fully saturated rings. The van der Waals surface area contributed by atoms with Gasteiger partial charge in [-0.2, -0.15) is 23.4 Å². The molecule has 0 amide bonds. The minimum atomic E-state index is -4.69. The Labute approximate surface area is 182 Å². The fraction of sp³-hybridized carbons (Fsp3) is 0.350. The zero-order chi connectivity index (χ0) is 24.0. The highest BCUT2D eigenvalue weighted by atomic mass is 32.2. The molecule has 0 aliphatic heterocycles. The number of aryl methyl sites for hydroxylation is 4. The maximum Gasteiger partial charge on any atom is 0.416 e. The molecule has 0 unspecified atom stereocenters. The number of halogens is 3. The molecule has 0 atom stereocenters. The summed E-state index contributed by atoms with van der Waals surface area (Å²) in [6, 6.07) is 2.55. The van der Waals surface area contributed by atoms with E-state index < -0.39 is 32.4 Å². The molecule has 0 saturated heterocycles. The molecular weight excluding hydrogens is 449 g/mol. The Morgan fingerprint density at radius 1 is 1.12 bits per heavy atom. The normalized spacial score (nSPS) is 12.2. The molecule has 2 aromatic heterocycles. The molecule has 0 radical (unpaired) electrons. The maximum absolute atomic E-state index is 13.1. The smallest absolute Gasteiger partial charge is 0.404 e. The molecule has 0 N–H and O–H groups in total. The van der Waals surface area contributed by atoms with Gasteiger partial charge in [-0.25, -0.2) is 17.9 Å². The van der Waals surface area contributed by atoms with E-state index in [1.54, 1.807) is 27.9 Å². The number of benzene rings is 1. The van der Waals surface area contributed by atoms with Gasteiger partial charge in [-0.3, -0.25) is 4.68 Å². The Morgan fingerprint density at radius 3 is 2.31 bits per heavy atom. The second-order valence-electron chi connectivity index (χ2n) is 7.45. The van der Waals surface area contributed by atoms with Crippen molar-refractivity contribution >= 4 is 15.8 Å². The van der Waals surface area contributed by atoms with Gasteiger partial charge in [0.1, 0.15) is 5.56 Å². The third-order valence-corrected chi connectivity index (χ3v) is 6.05. The predicted molar refractivity (Wildman–Crippen MR) is 108 cm³/mol. The van der Waals surface area contributed by atoms with Crippen LogP contribution in [-0.2, 0) is 36.5 Å². The van der Waals surface area contributed by atoms with Crippen molar-refractivity contribution < 1.29 is 31.1 Å². The van der Waals surface area contributed by atoms with Crippen molar-refractivity contribution in [2.45, 2.75) is 31.3 Å². The maximum atomic E-state index is 13.1. The van der Waals surface area contributed by atoms with E-state index >= 15 is 0 Å². The quantitative estimate of drug-likeness (QED) is 0.532. The van der Waals surface area contributed by atoms with Crippen molar-refractivity contribution in [3.63, 3.8) is 0 Å². The van der Waals surface area contributed by atoms with Crippen LogP contribution in [0.15, 0.2) is 29.3 Å². The summed E-state index contributed by atoms with van der Waals surface area (Å²) in [5.41, 5.74) is 0.586. The summed E-state index contributed by atoms with van der Waals surface area (Å²) in [5.74, 6) is -0.620. The van der Waals surface area contributed by atoms with Crippen LogP contribution in [0, 0.1) is 13.8 Å². The Balaban J connectivity index is 2.04. The highest BCUT2D eigenvalue weighted by molar-refractivity contribution is 7.90. The number of hydrogen-bond acceptors (Lipinski definition) is 6. The number of hydrogen-bond donors (Lipinski definition) is 0. The third kappa shape index (κ3) is 4.69. The number of rotatable bonds is 5. The predicted octanol–water partition coefficient (Wildman–Crippen LogP) is 3.00. The summed E-state index contributed by atoms with van der Waals surface area (Å²) in [6.45, 7) is 3.28. The van der Waals surface area contributed by atoms with Crippen molar-refractivity contribution in [2.24, 2.45) is 14.1 Å². The van der Waals surface area contributed by atoms with Crippen LogP contribution in [0.1, 0.15) is 38.4 Å². The van der Waals surface area contributed by atoms with Crippen molar-refractivity contribution in [3.8, 4) is 5.88 Å². The van der Waals surface area contributed by atoms with Gasteiger partial charge >= 0.3 is 12.1 Å². The number of esters is 1. The van der Waals surface area contributed by atoms with Gasteiger partial charge in [0.15, 0.2) is 9.84 Å². The number of ether oxygens (including phenoxy) is 1. The highest BCUT2D eigenvalue weighted by Crippen LogP contribution is 2.34. The summed E-state index contributed by atoms with van der Waals surface area (Å²) >= 11 is 0. The topological polar surface area (TPSA) is 96.1 Å². The Morgan fingerprint density at radius 2 is 1.78 bits per heavy atom. The lowest BCUT2D eigenvalue weighted by Crippen LogP contribution is -2.13. The molecule has 1 aromatic carbocycles. The van der Waals surface area contributed by atoms with Crippen LogP contribution >= 0.6 is 0 Å². The van der Waals surface area contributed by atoms with Gasteiger partial charge in [-0.05, 0) is 31.5 Å². The first-order valence-corrected chi connectivity index (χ1v) is 11.2. The van der Waals surface area contributed by atoms with Crippen LogP contribution < -0.4 is 4.74 Å². The molecule has 0 bridgehead atoms. The standard InChI is InChI=1S/C20H21F3N4O4S/c1-11-15(8-13-6-7-14(20(21,22)23)9-17(13)32(5,29)30)18(27(4)25-11)31-19(28)16-10-26(3)24-12(16)2/h6-7,9-10H,8H2,1-5H3. The van der Waals surface area contributed by atoms with Crippen LogP contribution in [0.25, 0.3) is 0 Å². The third-order valence-electron chi connectivity index (χ3n) is 4.87. The van der Waals surface area contributed by atoms with Gasteiger partial charge in [0, 0.05) is 38.5 Å². The minimum absolute atomic E-state index is 0.0649. The SMILES string of the molecule is Cc1nn(C)cc1C(=O)Oc1c(Cc2ccc(C(F)(F)F)cc2S(C)(=O)=O)c(C)nn1C. The molecule has 0 saturated carbocycles. The lowest BCUT2D eigenvalue weighted by atomic mass is 10.0. The van der Waals surface area contributed by atoms with Crippen LogP contribution in [0.2, 0.25) is 0 Å². The van der Waals surface area contributed by atoms with E-state index in [1.165, 1.54) is 15.6 Å². The number of alkyl halides is 3. The fourth-order valence-corrected chi connectivity index (χ4v) is 4.32. The summed E-state index contributed by atoms with van der Waals surface area (Å²) in [6.07, 6.45) is -2.45. The van der Waals surface area contributed by atoms with Gasteiger partial charge < -0.3 is 4.74 Å². The average Bonchev–Trinajstić information content (AvgIpc) is 3.12. The highest BCUT2D eigenvalue weighted by Gasteiger charge is 2.32. The molecule has 0 aliphatic rings. The second kappa shape index (κ2) is 8.08. The van der Waals surface area contributed by atoms with Gasteiger partial charge in [0.05, 0.1) is 21.8 Å². The van der Waals surface area contributed by atoms with Gasteiger partial charge in [-0.15, -0.1) is 0 Å². The molecule has 3 rings (SSSR count). The largest absolute Gasteiger partial charge is 0.416 e. The van der Waals surface area contributed by atoms with Crippen LogP contribution in [0.4, 0.5) is 13.2 Å². The number of carbonyl (C=O) groups excluding carboxylic acids is 1. The van der Waals surface area contributed by atoms with E-state index in [0.29, 0.717) is 23.0 Å². The zero-order valence-electron chi connectivity index (χ0n) is 18.0. The van der Waals surface area contributed by atoms with Gasteiger partial charge in [0.25, 0.3) is 0 Å². The summed E-state index contributed by atoms with van der Waals surface area (Å²) < 4.78 is 72.1. The molecule has 32 heavy (non-hydrogen) atoms. The molecule has 172 valence electrons. The van der Waals surface area contributed by atoms with E-state index in [0.717, 1.165) is 18.4 Å². The lowest BCUT2D eigenvalue weighted by Gasteiger charge is -2.13. The van der Waals surface area contributed by atoms with Crippen molar-refractivity contribution in [1.29, 1.82) is 0 Å². The Kier molecular flexibility index (Phi) is 5.94. The molecule has 8 nitrogen and oxygen atoms in total. The molecular formula is C20H21F3N4O4S. The zero-order valence-corrected chi connectivity index (χ0v) is 18.8. The average molecular weight is 470 g/mol. The van der Waals surface area contributed by atoms with E-state index in [4.69, 9.17) is 4.74 Å². The first-order chi connectivity index (χ1) is 14.7. The van der Waals surface area contributed by atoms with Crippen molar-refractivity contribution in [2.75, 3.05) is 6.26 Å². The molecule has 0 aliphatic carbocycles. The van der Waals surface area contributed by atoms with Gasteiger partial charge in [-0.1, -0.05) is 6.07 Å². The summed E-state index contributed by atoms with van der Waals surface area (Å²) in [5, 5.41) is 8.31. The first kappa shape index (κ1) is 23.5. The van der Waals surface area contributed by atoms with Crippen LogP contribution in [-0.4, -0.2) is 40.2 Å². The Bertz CT molecular complexity index is 1310. The van der Waals surface area contributed by atoms with Crippen molar-refractivity contribution in [3.05, 3.63) is 58.0 Å². The van der Waals surface area contributed by atoms with Gasteiger partial charge in [0.2, 0.25) is 5.88 Å². The molecule has 12 heteroatoms. The monoisotopic (exact) mass is 470 g/mol. The Hall–Kier alpha value is -3.15. The van der Waals surface area contributed by atoms with Crippen molar-refractivity contribution in [1.82, 2.24) is 19.6 Å². The number of sulfone groups is 1. The number of aromatic nitrogens is 4. The summed E-state index contributed by atoms with van der Waals surface area (Å²) in [4.78, 5) is 12.2. The molecule has 3 aromatic rings. The lowest BCUT2D eigenvalue weighted by molar-refractivity contribution is -0.137. The van der Waals surface area contributed by atoms with E-state index in [1.807, 2.05) is 0 Å². The molecule has 2 heterocycles. The van der Waals surface area contributed by atoms with E-state index in [9.17, 15) is 26.4 Å². The first-order valence-electron chi connectivity index (χ1n) is 9.33. The number of carbonyl (C=O) groups is 1. The van der Waals surface area contributed by atoms with Crippen LogP contribution in [0.5, 0.6) is 5.88 Å². The summed E-state index contributed by atoms with van der Waals surface area (Å²) in [7, 11) is -0.775. The minimum Gasteiger partial charge on any atom is -0.404 e. The number of nitrogens with zero attached hydrogens (tertiary/aromatic N) is 4. The van der Waals surface area contributed by atoms with E-state index in [-0.39, 0.29) is 23.4 Å². The van der Waals surface area contributed by atoms with E-state index in [2.05, 4.69) is 10.2 Å². The second-order valence-corrected chi connectivity index (χ2v) is 9.44.